The van der Waals surface area contributed by atoms with E-state index in [1.165, 1.54) is 0 Å². The second-order valence-corrected chi connectivity index (χ2v) is 3.18. The van der Waals surface area contributed by atoms with E-state index in [0.29, 0.717) is 9.80 Å². The van der Waals surface area contributed by atoms with E-state index >= 15 is 0 Å². The van der Waals surface area contributed by atoms with Crippen molar-refractivity contribution in [2.45, 2.75) is 0 Å². The number of hydrogen-bond donors (Lipinski definition) is 0. The van der Waals surface area contributed by atoms with Crippen LogP contribution >= 0.6 is 0 Å². The first-order valence-electron chi connectivity index (χ1n) is 5.29. The molecule has 0 aromatic carbocycles. The molecule has 10 nitrogen and oxygen atoms in total. The van der Waals surface area contributed by atoms with E-state index in [1.807, 2.05) is 0 Å². The van der Waals surface area contributed by atoms with Crippen molar-refractivity contribution in [1.29, 1.82) is 0 Å². The number of carbonyl (C=O) groups excluding carboxylic acids is 4. The largest absolute Gasteiger partial charge is 0.452 e. The average molecular weight is 292 g/mol. The van der Waals surface area contributed by atoms with Crippen molar-refractivity contribution in [1.82, 2.24) is 9.80 Å². The molecule has 10 heteroatoms. The normalized spacial score (nSPS) is 9.20. The minimum atomic E-state index is -0.994. The van der Waals surface area contributed by atoms with Crippen LogP contribution in [0, 0.1) is 0 Å². The van der Waals surface area contributed by atoms with E-state index < -0.39 is 24.4 Å². The van der Waals surface area contributed by atoms with Gasteiger partial charge in [-0.25, -0.2) is 29.0 Å². The molecule has 0 saturated heterocycles. The number of methoxy groups -OCH3 is 4. The highest BCUT2D eigenvalue weighted by Gasteiger charge is 2.28. The molecule has 0 saturated carbocycles. The summed E-state index contributed by atoms with van der Waals surface area (Å²) >= 11 is 0. The van der Waals surface area contributed by atoms with Crippen LogP contribution in [-0.4, -0.2) is 75.7 Å². The van der Waals surface area contributed by atoms with Crippen LogP contribution in [0.15, 0.2) is 0 Å². The van der Waals surface area contributed by atoms with Crippen LogP contribution in [0.4, 0.5) is 19.2 Å². The molecule has 0 N–H and O–H groups in total. The lowest BCUT2D eigenvalue weighted by Gasteiger charge is -2.22. The standard InChI is InChI=1S/C10H16N2O8/c1-17-7(13)11(8(14)18-2)5-6-12(9(15)19-3)10(16)20-4/h5-6H2,1-4H3. The van der Waals surface area contributed by atoms with Crippen molar-refractivity contribution in [3.8, 4) is 0 Å². The van der Waals surface area contributed by atoms with Crippen molar-refractivity contribution in [2.75, 3.05) is 41.5 Å². The van der Waals surface area contributed by atoms with Crippen LogP contribution in [0.2, 0.25) is 0 Å². The molecule has 0 bridgehead atoms. The first-order chi connectivity index (χ1) is 9.42. The molecule has 0 spiro atoms. The SMILES string of the molecule is COC(=O)N(CCN(C(=O)OC)C(=O)OC)C(=O)OC. The van der Waals surface area contributed by atoms with Crippen LogP contribution in [0.1, 0.15) is 0 Å². The smallest absolute Gasteiger partial charge is 0.419 e. The summed E-state index contributed by atoms with van der Waals surface area (Å²) in [6.07, 6.45) is -3.98. The van der Waals surface area contributed by atoms with Gasteiger partial charge in [-0.05, 0) is 0 Å². The third kappa shape index (κ3) is 4.63. The van der Waals surface area contributed by atoms with E-state index in [4.69, 9.17) is 0 Å². The first-order valence-corrected chi connectivity index (χ1v) is 5.29. The lowest BCUT2D eigenvalue weighted by molar-refractivity contribution is 0.0805. The Morgan fingerprint density at radius 3 is 0.950 bits per heavy atom. The van der Waals surface area contributed by atoms with Gasteiger partial charge in [-0.1, -0.05) is 0 Å². The van der Waals surface area contributed by atoms with Gasteiger partial charge in [0.25, 0.3) is 0 Å². The molecule has 4 amide bonds. The summed E-state index contributed by atoms with van der Waals surface area (Å²) in [7, 11) is 4.26. The van der Waals surface area contributed by atoms with Crippen LogP contribution in [0.5, 0.6) is 0 Å². The zero-order valence-electron chi connectivity index (χ0n) is 11.6. The van der Waals surface area contributed by atoms with Gasteiger partial charge >= 0.3 is 24.4 Å². The molecule has 0 aliphatic heterocycles. The second kappa shape index (κ2) is 8.56. The van der Waals surface area contributed by atoms with Gasteiger partial charge in [0.15, 0.2) is 0 Å². The fraction of sp³-hybridized carbons (Fsp3) is 0.600. The maximum absolute atomic E-state index is 11.4. The summed E-state index contributed by atoms with van der Waals surface area (Å²) in [4.78, 5) is 46.6. The van der Waals surface area contributed by atoms with Crippen molar-refractivity contribution in [3.05, 3.63) is 0 Å². The van der Waals surface area contributed by atoms with Crippen molar-refractivity contribution in [2.24, 2.45) is 0 Å². The van der Waals surface area contributed by atoms with E-state index in [9.17, 15) is 19.2 Å². The van der Waals surface area contributed by atoms with E-state index in [2.05, 4.69) is 18.9 Å². The Hall–Kier alpha value is -2.52. The quantitative estimate of drug-likeness (QED) is 0.697. The lowest BCUT2D eigenvalue weighted by atomic mass is 10.5. The number of ether oxygens (including phenoxy) is 4. The Morgan fingerprint density at radius 2 is 0.800 bits per heavy atom. The molecule has 20 heavy (non-hydrogen) atoms. The highest BCUT2D eigenvalue weighted by molar-refractivity contribution is 5.89. The minimum Gasteiger partial charge on any atom is -0.452 e. The molecule has 0 aromatic rings. The zero-order chi connectivity index (χ0) is 15.7. The summed E-state index contributed by atoms with van der Waals surface area (Å²) in [5, 5.41) is 0. The fourth-order valence-electron chi connectivity index (χ4n) is 1.15. The third-order valence-corrected chi connectivity index (χ3v) is 2.13. The number of rotatable bonds is 3. The highest BCUT2D eigenvalue weighted by Crippen LogP contribution is 2.02. The second-order valence-electron chi connectivity index (χ2n) is 3.18. The highest BCUT2D eigenvalue weighted by atomic mass is 16.6. The van der Waals surface area contributed by atoms with Crippen LogP contribution < -0.4 is 0 Å². The minimum absolute atomic E-state index is 0.344. The summed E-state index contributed by atoms with van der Waals surface area (Å²) in [5.74, 6) is 0. The van der Waals surface area contributed by atoms with Gasteiger partial charge < -0.3 is 18.9 Å². The molecule has 0 heterocycles. The first kappa shape index (κ1) is 17.5. The van der Waals surface area contributed by atoms with Gasteiger partial charge in [0, 0.05) is 0 Å². The maximum atomic E-state index is 11.4. The molecule has 0 unspecified atom stereocenters. The Kier molecular flexibility index (Phi) is 7.48. The average Bonchev–Trinajstić information content (AvgIpc) is 2.48. The van der Waals surface area contributed by atoms with Gasteiger partial charge in [0.2, 0.25) is 0 Å². The van der Waals surface area contributed by atoms with Gasteiger partial charge in [-0.15, -0.1) is 0 Å². The lowest BCUT2D eigenvalue weighted by Crippen LogP contribution is -2.45. The summed E-state index contributed by atoms with van der Waals surface area (Å²) in [6, 6.07) is 0. The Labute approximate surface area is 115 Å². The van der Waals surface area contributed by atoms with Crippen LogP contribution in [0.25, 0.3) is 0 Å². The van der Waals surface area contributed by atoms with Gasteiger partial charge in [-0.3, -0.25) is 0 Å². The number of nitrogens with zero attached hydrogens (tertiary/aromatic N) is 2. The summed E-state index contributed by atoms with van der Waals surface area (Å²) < 4.78 is 17.5. The summed E-state index contributed by atoms with van der Waals surface area (Å²) in [6.45, 7) is -0.687. The molecule has 0 atom stereocenters. The monoisotopic (exact) mass is 292 g/mol. The van der Waals surface area contributed by atoms with Gasteiger partial charge in [0.1, 0.15) is 0 Å². The van der Waals surface area contributed by atoms with Gasteiger partial charge in [0.05, 0.1) is 41.5 Å². The molecule has 0 aliphatic rings. The van der Waals surface area contributed by atoms with Crippen LogP contribution in [0.3, 0.4) is 0 Å². The number of amides is 4. The third-order valence-electron chi connectivity index (χ3n) is 2.13. The predicted molar refractivity (Wildman–Crippen MR) is 63.0 cm³/mol. The number of imide groups is 2. The maximum Gasteiger partial charge on any atom is 0.419 e. The van der Waals surface area contributed by atoms with Gasteiger partial charge in [-0.2, -0.15) is 0 Å². The Balaban J connectivity index is 4.86. The topological polar surface area (TPSA) is 112 Å². The molecule has 0 aliphatic carbocycles. The summed E-state index contributed by atoms with van der Waals surface area (Å²) in [5.41, 5.74) is 0. The Bertz CT molecular complexity index is 315. The van der Waals surface area contributed by atoms with E-state index in [1.54, 1.807) is 0 Å². The number of carbonyl (C=O) groups is 4. The molecule has 114 valence electrons. The predicted octanol–water partition coefficient (Wildman–Crippen LogP) is 0.656. The molecule has 0 aromatic heterocycles. The van der Waals surface area contributed by atoms with E-state index in [-0.39, 0.29) is 13.1 Å². The van der Waals surface area contributed by atoms with Crippen LogP contribution in [-0.2, 0) is 18.9 Å². The fourth-order valence-corrected chi connectivity index (χ4v) is 1.15. The Morgan fingerprint density at radius 1 is 0.600 bits per heavy atom. The molecule has 0 radical (unpaired) electrons. The number of hydrogen-bond acceptors (Lipinski definition) is 8. The van der Waals surface area contributed by atoms with Crippen molar-refractivity contribution >= 4 is 24.4 Å². The molecule has 0 fully saturated rings. The van der Waals surface area contributed by atoms with Crippen molar-refractivity contribution < 1.29 is 38.1 Å². The molecule has 0 rings (SSSR count). The van der Waals surface area contributed by atoms with Crippen molar-refractivity contribution in [3.63, 3.8) is 0 Å². The molecular formula is C10H16N2O8. The van der Waals surface area contributed by atoms with E-state index in [0.717, 1.165) is 28.4 Å². The zero-order valence-corrected chi connectivity index (χ0v) is 11.6. The molecular weight excluding hydrogens is 276 g/mol.